The molecule has 0 spiro atoms. The Morgan fingerprint density at radius 1 is 1.42 bits per heavy atom. The molecule has 1 amide bonds. The van der Waals surface area contributed by atoms with E-state index in [9.17, 15) is 9.59 Å². The fourth-order valence-electron chi connectivity index (χ4n) is 1.41. The van der Waals surface area contributed by atoms with Crippen LogP contribution in [0, 0.1) is 18.8 Å². The minimum absolute atomic E-state index is 0.166. The van der Waals surface area contributed by atoms with Crippen LogP contribution in [-0.2, 0) is 9.53 Å². The highest BCUT2D eigenvalue weighted by molar-refractivity contribution is 5.96. The van der Waals surface area contributed by atoms with E-state index in [1.807, 2.05) is 6.92 Å². The lowest BCUT2D eigenvalue weighted by Crippen LogP contribution is -2.30. The van der Waals surface area contributed by atoms with Gasteiger partial charge in [0.1, 0.15) is 13.2 Å². The van der Waals surface area contributed by atoms with Gasteiger partial charge in [0.25, 0.3) is 5.91 Å². The molecule has 0 saturated heterocycles. The summed E-state index contributed by atoms with van der Waals surface area (Å²) >= 11 is 0. The molecule has 1 aromatic carbocycles. The maximum Gasteiger partial charge on any atom is 0.325 e. The Labute approximate surface area is 111 Å². The SMILES string of the molecule is COC(=O)CNC(=O)c1ccc(C#CCO)c(C)c1. The third-order valence-corrected chi connectivity index (χ3v) is 2.41. The zero-order valence-electron chi connectivity index (χ0n) is 10.8. The number of amides is 1. The summed E-state index contributed by atoms with van der Waals surface area (Å²) in [6.45, 7) is 1.44. The summed E-state index contributed by atoms with van der Waals surface area (Å²) in [7, 11) is 1.26. The molecular formula is C14H15NO4. The van der Waals surface area contributed by atoms with Crippen molar-refractivity contribution in [1.29, 1.82) is 0 Å². The van der Waals surface area contributed by atoms with E-state index < -0.39 is 5.97 Å². The van der Waals surface area contributed by atoms with E-state index in [2.05, 4.69) is 21.9 Å². The molecule has 5 heteroatoms. The van der Waals surface area contributed by atoms with Gasteiger partial charge in [0.15, 0.2) is 0 Å². The number of ether oxygens (including phenoxy) is 1. The molecule has 0 aliphatic carbocycles. The fraction of sp³-hybridized carbons (Fsp3) is 0.286. The van der Waals surface area contributed by atoms with Crippen molar-refractivity contribution < 1.29 is 19.4 Å². The predicted molar refractivity (Wildman–Crippen MR) is 69.5 cm³/mol. The normalized spacial score (nSPS) is 9.21. The number of esters is 1. The van der Waals surface area contributed by atoms with Crippen LogP contribution in [0.1, 0.15) is 21.5 Å². The highest BCUT2D eigenvalue weighted by Gasteiger charge is 2.09. The van der Waals surface area contributed by atoms with E-state index in [1.54, 1.807) is 18.2 Å². The molecule has 0 bridgehead atoms. The van der Waals surface area contributed by atoms with E-state index in [1.165, 1.54) is 7.11 Å². The van der Waals surface area contributed by atoms with Gasteiger partial charge in [0, 0.05) is 11.1 Å². The van der Waals surface area contributed by atoms with E-state index in [-0.39, 0.29) is 19.1 Å². The average molecular weight is 261 g/mol. The number of aliphatic hydroxyl groups is 1. The monoisotopic (exact) mass is 261 g/mol. The van der Waals surface area contributed by atoms with Gasteiger partial charge in [-0.1, -0.05) is 11.8 Å². The van der Waals surface area contributed by atoms with Crippen molar-refractivity contribution in [2.45, 2.75) is 6.92 Å². The second-order valence-electron chi connectivity index (χ2n) is 3.75. The first kappa shape index (κ1) is 14.7. The Morgan fingerprint density at radius 2 is 2.16 bits per heavy atom. The van der Waals surface area contributed by atoms with Crippen LogP contribution >= 0.6 is 0 Å². The number of aliphatic hydroxyl groups excluding tert-OH is 1. The number of hydrogen-bond acceptors (Lipinski definition) is 4. The quantitative estimate of drug-likeness (QED) is 0.604. The number of aryl methyl sites for hydroxylation is 1. The van der Waals surface area contributed by atoms with Crippen molar-refractivity contribution in [2.75, 3.05) is 20.3 Å². The van der Waals surface area contributed by atoms with Gasteiger partial charge in [-0.15, -0.1) is 0 Å². The van der Waals surface area contributed by atoms with Crippen molar-refractivity contribution in [3.63, 3.8) is 0 Å². The van der Waals surface area contributed by atoms with E-state index in [0.29, 0.717) is 5.56 Å². The maximum absolute atomic E-state index is 11.7. The van der Waals surface area contributed by atoms with Crippen LogP contribution in [0.25, 0.3) is 0 Å². The molecule has 0 atom stereocenters. The Hall–Kier alpha value is -2.32. The molecule has 2 N–H and O–H groups in total. The zero-order valence-corrected chi connectivity index (χ0v) is 10.8. The van der Waals surface area contributed by atoms with Gasteiger partial charge in [0.2, 0.25) is 0 Å². The summed E-state index contributed by atoms with van der Waals surface area (Å²) in [4.78, 5) is 22.7. The molecule has 1 rings (SSSR count). The van der Waals surface area contributed by atoms with Gasteiger partial charge in [-0.3, -0.25) is 9.59 Å². The summed E-state index contributed by atoms with van der Waals surface area (Å²) in [6, 6.07) is 4.99. The highest BCUT2D eigenvalue weighted by atomic mass is 16.5. The van der Waals surface area contributed by atoms with Crippen molar-refractivity contribution in [3.05, 3.63) is 34.9 Å². The number of benzene rings is 1. The third-order valence-electron chi connectivity index (χ3n) is 2.41. The second-order valence-corrected chi connectivity index (χ2v) is 3.75. The number of carbonyl (C=O) groups is 2. The van der Waals surface area contributed by atoms with Crippen molar-refractivity contribution in [2.24, 2.45) is 0 Å². The summed E-state index contributed by atoms with van der Waals surface area (Å²) in [6.07, 6.45) is 0. The van der Waals surface area contributed by atoms with Crippen LogP contribution in [0.2, 0.25) is 0 Å². The molecule has 0 fully saturated rings. The number of methoxy groups -OCH3 is 1. The molecule has 5 nitrogen and oxygen atoms in total. The standard InChI is InChI=1S/C14H15NO4/c1-10-8-12(6-5-11(10)4-3-7-16)14(18)15-9-13(17)19-2/h5-6,8,16H,7,9H2,1-2H3,(H,15,18). The van der Waals surface area contributed by atoms with Crippen LogP contribution in [-0.4, -0.2) is 37.2 Å². The van der Waals surface area contributed by atoms with Crippen LogP contribution in [0.5, 0.6) is 0 Å². The smallest absolute Gasteiger partial charge is 0.325 e. The summed E-state index contributed by atoms with van der Waals surface area (Å²) in [5.41, 5.74) is 2.01. The van der Waals surface area contributed by atoms with Crippen molar-refractivity contribution in [1.82, 2.24) is 5.32 Å². The molecule has 0 saturated carbocycles. The molecular weight excluding hydrogens is 246 g/mol. The van der Waals surface area contributed by atoms with Crippen LogP contribution in [0.3, 0.4) is 0 Å². The molecule has 1 aromatic rings. The van der Waals surface area contributed by atoms with E-state index >= 15 is 0 Å². The zero-order chi connectivity index (χ0) is 14.3. The minimum Gasteiger partial charge on any atom is -0.468 e. The minimum atomic E-state index is -0.504. The first-order valence-electron chi connectivity index (χ1n) is 5.64. The van der Waals surface area contributed by atoms with Crippen molar-refractivity contribution >= 4 is 11.9 Å². The number of rotatable bonds is 3. The molecule has 0 radical (unpaired) electrons. The fourth-order valence-corrected chi connectivity index (χ4v) is 1.41. The molecule has 0 heterocycles. The number of nitrogens with one attached hydrogen (secondary N) is 1. The first-order valence-corrected chi connectivity index (χ1v) is 5.64. The summed E-state index contributed by atoms with van der Waals surface area (Å²) in [5, 5.41) is 11.1. The van der Waals surface area contributed by atoms with Crippen LogP contribution in [0.15, 0.2) is 18.2 Å². The largest absolute Gasteiger partial charge is 0.468 e. The summed E-state index contributed by atoms with van der Waals surface area (Å²) in [5.74, 6) is 4.47. The maximum atomic E-state index is 11.7. The lowest BCUT2D eigenvalue weighted by molar-refractivity contribution is -0.139. The Kier molecular flexibility index (Phi) is 5.58. The Bertz CT molecular complexity index is 540. The molecule has 0 aliphatic rings. The first-order chi connectivity index (χ1) is 9.08. The highest BCUT2D eigenvalue weighted by Crippen LogP contribution is 2.10. The average Bonchev–Trinajstić information content (AvgIpc) is 2.42. The molecule has 0 aliphatic heterocycles. The van der Waals surface area contributed by atoms with Gasteiger partial charge >= 0.3 is 5.97 Å². The molecule has 100 valence electrons. The molecule has 19 heavy (non-hydrogen) atoms. The molecule has 0 aromatic heterocycles. The van der Waals surface area contributed by atoms with Crippen LogP contribution < -0.4 is 5.32 Å². The number of hydrogen-bond donors (Lipinski definition) is 2. The van der Waals surface area contributed by atoms with Gasteiger partial charge in [-0.2, -0.15) is 0 Å². The van der Waals surface area contributed by atoms with Gasteiger partial charge in [0.05, 0.1) is 7.11 Å². The Balaban J connectivity index is 2.77. The van der Waals surface area contributed by atoms with E-state index in [0.717, 1.165) is 11.1 Å². The lowest BCUT2D eigenvalue weighted by atomic mass is 10.0. The number of carbonyl (C=O) groups excluding carboxylic acids is 2. The topological polar surface area (TPSA) is 75.6 Å². The third kappa shape index (κ3) is 4.45. The Morgan fingerprint density at radius 3 is 2.74 bits per heavy atom. The van der Waals surface area contributed by atoms with Gasteiger partial charge in [-0.05, 0) is 30.7 Å². The van der Waals surface area contributed by atoms with Crippen molar-refractivity contribution in [3.8, 4) is 11.8 Å². The van der Waals surface area contributed by atoms with E-state index in [4.69, 9.17) is 5.11 Å². The molecule has 0 unspecified atom stereocenters. The second kappa shape index (κ2) is 7.19. The predicted octanol–water partition coefficient (Wildman–Crippen LogP) is 0.242. The van der Waals surface area contributed by atoms with Gasteiger partial charge < -0.3 is 15.2 Å². The van der Waals surface area contributed by atoms with Crippen LogP contribution in [0.4, 0.5) is 0 Å². The van der Waals surface area contributed by atoms with Gasteiger partial charge in [-0.25, -0.2) is 0 Å². The lowest BCUT2D eigenvalue weighted by Gasteiger charge is -2.05. The summed E-state index contributed by atoms with van der Waals surface area (Å²) < 4.78 is 4.43.